The quantitative estimate of drug-likeness (QED) is 0.686. The van der Waals surface area contributed by atoms with Gasteiger partial charge in [0.15, 0.2) is 0 Å². The summed E-state index contributed by atoms with van der Waals surface area (Å²) in [4.78, 5) is 0. The van der Waals surface area contributed by atoms with E-state index in [1.165, 1.54) is 0 Å². The summed E-state index contributed by atoms with van der Waals surface area (Å²) in [6, 6.07) is 5.11. The molecule has 0 aliphatic heterocycles. The van der Waals surface area contributed by atoms with Crippen LogP contribution >= 0.6 is 0 Å². The second kappa shape index (κ2) is 4.03. The molecule has 1 aromatic carbocycles. The molecule has 0 unspecified atom stereocenters. The zero-order chi connectivity index (χ0) is 10.8. The Kier molecular flexibility index (Phi) is 3.19. The van der Waals surface area contributed by atoms with Crippen LogP contribution in [0.4, 0.5) is 13.2 Å². The van der Waals surface area contributed by atoms with Gasteiger partial charge in [-0.1, -0.05) is 30.7 Å². The summed E-state index contributed by atoms with van der Waals surface area (Å²) >= 11 is 0. The number of alkyl halides is 3. The van der Waals surface area contributed by atoms with E-state index in [0.29, 0.717) is 12.0 Å². The Morgan fingerprint density at radius 3 is 2.29 bits per heavy atom. The molecule has 0 saturated heterocycles. The van der Waals surface area contributed by atoms with Crippen LogP contribution in [0.3, 0.4) is 0 Å². The van der Waals surface area contributed by atoms with Crippen molar-refractivity contribution in [3.63, 3.8) is 0 Å². The smallest absolute Gasteiger partial charge is 0.171 e. The third-order valence-electron chi connectivity index (χ3n) is 2.13. The lowest BCUT2D eigenvalue weighted by molar-refractivity contribution is -0.127. The second-order valence-electron chi connectivity index (χ2n) is 3.42. The molecule has 0 aromatic heterocycles. The van der Waals surface area contributed by atoms with Crippen molar-refractivity contribution in [2.45, 2.75) is 32.9 Å². The first-order valence-corrected chi connectivity index (χ1v) is 4.57. The van der Waals surface area contributed by atoms with Crippen molar-refractivity contribution in [2.24, 2.45) is 0 Å². The maximum atomic E-state index is 12.2. The highest BCUT2D eigenvalue weighted by Gasteiger charge is 2.28. The first-order valence-electron chi connectivity index (χ1n) is 4.57. The molecule has 0 nitrogen and oxygen atoms in total. The van der Waals surface area contributed by atoms with Gasteiger partial charge in [-0.25, -0.2) is 0 Å². The molecule has 3 heteroatoms. The van der Waals surface area contributed by atoms with Crippen LogP contribution in [0.5, 0.6) is 0 Å². The maximum absolute atomic E-state index is 12.2. The second-order valence-corrected chi connectivity index (χ2v) is 3.42. The molecule has 0 heterocycles. The number of hydrogen-bond donors (Lipinski definition) is 0. The van der Waals surface area contributed by atoms with Crippen LogP contribution in [0.2, 0.25) is 0 Å². The number of halogens is 3. The monoisotopic (exact) mass is 202 g/mol. The van der Waals surface area contributed by atoms with E-state index in [1.807, 2.05) is 19.9 Å². The van der Waals surface area contributed by atoms with Crippen LogP contribution in [0.1, 0.15) is 23.6 Å². The Morgan fingerprint density at radius 2 is 1.79 bits per heavy atom. The molecular formula is C11H13F3. The summed E-state index contributed by atoms with van der Waals surface area (Å²) in [6.07, 6.45) is -4.29. The largest absolute Gasteiger partial charge is 0.393 e. The Morgan fingerprint density at radius 1 is 1.14 bits per heavy atom. The minimum absolute atomic E-state index is 0.394. The molecule has 0 amide bonds. The van der Waals surface area contributed by atoms with E-state index in [2.05, 4.69) is 0 Å². The number of benzene rings is 1. The molecule has 0 bridgehead atoms. The average molecular weight is 202 g/mol. The molecule has 78 valence electrons. The molecule has 0 aliphatic carbocycles. The highest BCUT2D eigenvalue weighted by atomic mass is 19.4. The van der Waals surface area contributed by atoms with Crippen molar-refractivity contribution >= 4 is 0 Å². The third-order valence-corrected chi connectivity index (χ3v) is 2.13. The van der Waals surface area contributed by atoms with Gasteiger partial charge in [0.1, 0.15) is 0 Å². The molecule has 0 radical (unpaired) electrons. The lowest BCUT2D eigenvalue weighted by Gasteiger charge is -2.11. The van der Waals surface area contributed by atoms with E-state index in [1.54, 1.807) is 12.1 Å². The number of rotatable bonds is 2. The first-order chi connectivity index (χ1) is 6.42. The molecule has 0 aliphatic rings. The van der Waals surface area contributed by atoms with Crippen LogP contribution in [-0.2, 0) is 12.8 Å². The van der Waals surface area contributed by atoms with Gasteiger partial charge < -0.3 is 0 Å². The van der Waals surface area contributed by atoms with Crippen LogP contribution in [0.25, 0.3) is 0 Å². The summed E-state index contributed by atoms with van der Waals surface area (Å²) in [6.45, 7) is 3.76. The Bertz CT molecular complexity index is 313. The Hall–Kier alpha value is -0.990. The number of hydrogen-bond acceptors (Lipinski definition) is 0. The molecule has 0 spiro atoms. The van der Waals surface area contributed by atoms with Crippen molar-refractivity contribution in [3.05, 3.63) is 34.9 Å². The van der Waals surface area contributed by atoms with Gasteiger partial charge in [0, 0.05) is 0 Å². The zero-order valence-electron chi connectivity index (χ0n) is 8.28. The van der Waals surface area contributed by atoms with Crippen LogP contribution in [0, 0.1) is 6.92 Å². The average Bonchev–Trinajstić information content (AvgIpc) is 2.06. The molecular weight excluding hydrogens is 189 g/mol. The molecule has 14 heavy (non-hydrogen) atoms. The first kappa shape index (κ1) is 11.1. The standard InChI is InChI=1S/C11H13F3/c1-3-9-6-8(2)4-5-10(9)7-11(12,13)14/h4-6H,3,7H2,1-2H3. The normalized spacial score (nSPS) is 11.8. The molecule has 0 saturated carbocycles. The molecule has 0 N–H and O–H groups in total. The Balaban J connectivity index is 2.97. The van der Waals surface area contributed by atoms with Gasteiger partial charge in [-0.3, -0.25) is 0 Å². The van der Waals surface area contributed by atoms with Crippen molar-refractivity contribution in [3.8, 4) is 0 Å². The SMILES string of the molecule is CCc1cc(C)ccc1CC(F)(F)F. The molecule has 0 atom stereocenters. The van der Waals surface area contributed by atoms with Crippen molar-refractivity contribution in [1.82, 2.24) is 0 Å². The van der Waals surface area contributed by atoms with E-state index < -0.39 is 12.6 Å². The third kappa shape index (κ3) is 3.05. The van der Waals surface area contributed by atoms with Gasteiger partial charge in [-0.2, -0.15) is 13.2 Å². The van der Waals surface area contributed by atoms with Gasteiger partial charge in [-0.15, -0.1) is 0 Å². The Labute approximate surface area is 81.8 Å². The molecule has 1 aromatic rings. The lowest BCUT2D eigenvalue weighted by Crippen LogP contribution is -2.13. The molecule has 0 fully saturated rings. The summed E-state index contributed by atoms with van der Waals surface area (Å²) in [5.41, 5.74) is 2.20. The maximum Gasteiger partial charge on any atom is 0.393 e. The number of aryl methyl sites for hydroxylation is 2. The predicted octanol–water partition coefficient (Wildman–Crippen LogP) is 3.66. The van der Waals surface area contributed by atoms with Gasteiger partial charge in [0.25, 0.3) is 0 Å². The van der Waals surface area contributed by atoms with Gasteiger partial charge in [0.05, 0.1) is 6.42 Å². The topological polar surface area (TPSA) is 0 Å². The van der Waals surface area contributed by atoms with Gasteiger partial charge >= 0.3 is 6.18 Å². The fourth-order valence-electron chi connectivity index (χ4n) is 1.47. The van der Waals surface area contributed by atoms with E-state index >= 15 is 0 Å². The molecule has 1 rings (SSSR count). The lowest BCUT2D eigenvalue weighted by atomic mass is 10.00. The zero-order valence-corrected chi connectivity index (χ0v) is 8.28. The highest BCUT2D eigenvalue weighted by Crippen LogP contribution is 2.24. The van der Waals surface area contributed by atoms with Crippen LogP contribution < -0.4 is 0 Å². The van der Waals surface area contributed by atoms with E-state index in [4.69, 9.17) is 0 Å². The van der Waals surface area contributed by atoms with E-state index in [0.717, 1.165) is 11.1 Å². The van der Waals surface area contributed by atoms with Crippen LogP contribution in [-0.4, -0.2) is 6.18 Å². The van der Waals surface area contributed by atoms with Crippen molar-refractivity contribution in [1.29, 1.82) is 0 Å². The summed E-state index contributed by atoms with van der Waals surface area (Å²) < 4.78 is 36.5. The highest BCUT2D eigenvalue weighted by molar-refractivity contribution is 5.32. The fraction of sp³-hybridized carbons (Fsp3) is 0.455. The summed E-state index contributed by atoms with van der Waals surface area (Å²) in [7, 11) is 0. The van der Waals surface area contributed by atoms with Crippen molar-refractivity contribution < 1.29 is 13.2 Å². The van der Waals surface area contributed by atoms with Crippen LogP contribution in [0.15, 0.2) is 18.2 Å². The predicted molar refractivity (Wildman–Crippen MR) is 50.3 cm³/mol. The van der Waals surface area contributed by atoms with Gasteiger partial charge in [-0.05, 0) is 24.5 Å². The minimum Gasteiger partial charge on any atom is -0.171 e. The van der Waals surface area contributed by atoms with Crippen molar-refractivity contribution in [2.75, 3.05) is 0 Å². The van der Waals surface area contributed by atoms with E-state index in [-0.39, 0.29) is 0 Å². The van der Waals surface area contributed by atoms with Gasteiger partial charge in [0.2, 0.25) is 0 Å². The summed E-state index contributed by atoms with van der Waals surface area (Å²) in [5, 5.41) is 0. The summed E-state index contributed by atoms with van der Waals surface area (Å²) in [5.74, 6) is 0. The fourth-order valence-corrected chi connectivity index (χ4v) is 1.47. The minimum atomic E-state index is -4.11. The van der Waals surface area contributed by atoms with E-state index in [9.17, 15) is 13.2 Å².